The largest absolute Gasteiger partial charge is 0.379 e. The molecule has 0 saturated heterocycles. The quantitative estimate of drug-likeness (QED) is 0.0517. The molecule has 8 nitrogen and oxygen atoms in total. The summed E-state index contributed by atoms with van der Waals surface area (Å²) in [5.41, 5.74) is 0. The molecule has 0 bridgehead atoms. The molecular weight excluding hydrogens is 591 g/mol. The van der Waals surface area contributed by atoms with Gasteiger partial charge in [0.1, 0.15) is 0 Å². The minimum atomic E-state index is 0.552. The van der Waals surface area contributed by atoms with E-state index >= 15 is 0 Å². The summed E-state index contributed by atoms with van der Waals surface area (Å²) in [4.78, 5) is 0. The van der Waals surface area contributed by atoms with Gasteiger partial charge >= 0.3 is 0 Å². The maximum atomic E-state index is 5.63. The summed E-state index contributed by atoms with van der Waals surface area (Å²) in [6, 6.07) is 0. The van der Waals surface area contributed by atoms with Gasteiger partial charge in [-0.3, -0.25) is 0 Å². The third-order valence-electron chi connectivity index (χ3n) is 5.47. The normalized spacial score (nSPS) is 11.5. The van der Waals surface area contributed by atoms with Crippen molar-refractivity contribution in [1.29, 1.82) is 0 Å². The average molecular weight is 649 g/mol. The van der Waals surface area contributed by atoms with Gasteiger partial charge in [-0.15, -0.1) is 0 Å². The van der Waals surface area contributed by atoms with Gasteiger partial charge in [-0.2, -0.15) is 0 Å². The predicted octanol–water partition coefficient (Wildman–Crippen LogP) is 5.48. The fourth-order valence-corrected chi connectivity index (χ4v) is 3.70. The lowest BCUT2D eigenvalue weighted by atomic mass is 10.1. The molecule has 0 rings (SSSR count). The molecule has 0 amide bonds. The van der Waals surface area contributed by atoms with Crippen LogP contribution in [0.3, 0.4) is 0 Å². The summed E-state index contributed by atoms with van der Waals surface area (Å²) in [5, 5.41) is 0. The van der Waals surface area contributed by atoms with Gasteiger partial charge in [-0.1, -0.05) is 87.3 Å². The lowest BCUT2D eigenvalue weighted by Crippen LogP contribution is -2.15. The standard InChI is InChI=1S/C28H57IO8/c1-2-3-4-5-6-7-8-9-10-11-13-30-15-17-32-19-21-34-23-25-36-27-28-37-26-24-35-22-20-33-18-16-31-14-12-29/h2-28H2,1H3. The van der Waals surface area contributed by atoms with Gasteiger partial charge in [-0.25, -0.2) is 0 Å². The number of alkyl halides is 1. The Bertz CT molecular complexity index is 359. The zero-order valence-electron chi connectivity index (χ0n) is 23.7. The second-order valence-corrected chi connectivity index (χ2v) is 9.85. The van der Waals surface area contributed by atoms with Crippen molar-refractivity contribution in [2.75, 3.05) is 110 Å². The highest BCUT2D eigenvalue weighted by molar-refractivity contribution is 14.1. The van der Waals surface area contributed by atoms with Crippen LogP contribution in [0.2, 0.25) is 0 Å². The molecule has 0 aromatic rings. The van der Waals surface area contributed by atoms with E-state index < -0.39 is 0 Å². The van der Waals surface area contributed by atoms with E-state index in [9.17, 15) is 0 Å². The maximum absolute atomic E-state index is 5.63. The van der Waals surface area contributed by atoms with Gasteiger partial charge in [0.2, 0.25) is 0 Å². The molecule has 0 saturated carbocycles. The summed E-state index contributed by atoms with van der Waals surface area (Å²) in [6.45, 7) is 12.1. The van der Waals surface area contributed by atoms with Crippen molar-refractivity contribution < 1.29 is 37.9 Å². The highest BCUT2D eigenvalue weighted by Gasteiger charge is 1.96. The number of hydrogen-bond donors (Lipinski definition) is 0. The first-order valence-corrected chi connectivity index (χ1v) is 16.1. The Kier molecular flexibility index (Phi) is 36.8. The van der Waals surface area contributed by atoms with Gasteiger partial charge in [0.05, 0.1) is 99.1 Å². The van der Waals surface area contributed by atoms with E-state index in [1.165, 1.54) is 57.8 Å². The van der Waals surface area contributed by atoms with Crippen molar-refractivity contribution in [2.24, 2.45) is 0 Å². The van der Waals surface area contributed by atoms with Crippen LogP contribution in [0.25, 0.3) is 0 Å². The molecule has 0 fully saturated rings. The fraction of sp³-hybridized carbons (Fsp3) is 1.00. The minimum absolute atomic E-state index is 0.552. The van der Waals surface area contributed by atoms with Crippen LogP contribution in [0.4, 0.5) is 0 Å². The average Bonchev–Trinajstić information content (AvgIpc) is 2.91. The van der Waals surface area contributed by atoms with E-state index in [-0.39, 0.29) is 0 Å². The summed E-state index contributed by atoms with van der Waals surface area (Å²) >= 11 is 2.28. The first-order chi connectivity index (χ1) is 18.4. The molecule has 9 heteroatoms. The predicted molar refractivity (Wildman–Crippen MR) is 157 cm³/mol. The van der Waals surface area contributed by atoms with E-state index in [2.05, 4.69) is 29.5 Å². The zero-order chi connectivity index (χ0) is 26.7. The van der Waals surface area contributed by atoms with Crippen molar-refractivity contribution in [3.63, 3.8) is 0 Å². The van der Waals surface area contributed by atoms with Gasteiger partial charge in [0, 0.05) is 11.0 Å². The molecule has 0 atom stereocenters. The molecule has 0 unspecified atom stereocenters. The van der Waals surface area contributed by atoms with Crippen LogP contribution in [0.15, 0.2) is 0 Å². The molecule has 0 spiro atoms. The van der Waals surface area contributed by atoms with E-state index in [1.54, 1.807) is 0 Å². The van der Waals surface area contributed by atoms with E-state index in [4.69, 9.17) is 37.9 Å². The Hall–Kier alpha value is 0.410. The second kappa shape index (κ2) is 36.4. The van der Waals surface area contributed by atoms with E-state index in [0.717, 1.165) is 24.1 Å². The highest BCUT2D eigenvalue weighted by Crippen LogP contribution is 2.10. The summed E-state index contributed by atoms with van der Waals surface area (Å²) in [6.07, 6.45) is 13.5. The third kappa shape index (κ3) is 36.4. The first-order valence-electron chi connectivity index (χ1n) is 14.6. The second-order valence-electron chi connectivity index (χ2n) is 8.77. The van der Waals surface area contributed by atoms with Crippen molar-refractivity contribution in [1.82, 2.24) is 0 Å². The number of halogens is 1. The smallest absolute Gasteiger partial charge is 0.0701 e. The summed E-state index contributed by atoms with van der Waals surface area (Å²) in [7, 11) is 0. The SMILES string of the molecule is CCCCCCCCCCCCOCCOCCOCCOCCOCCOCCOCCOCCI. The summed E-state index contributed by atoms with van der Waals surface area (Å²) in [5.74, 6) is 0. The van der Waals surface area contributed by atoms with Crippen LogP contribution >= 0.6 is 22.6 Å². The maximum Gasteiger partial charge on any atom is 0.0701 e. The number of hydrogen-bond acceptors (Lipinski definition) is 8. The Morgan fingerprint density at radius 1 is 0.297 bits per heavy atom. The molecule has 0 N–H and O–H groups in total. The number of ether oxygens (including phenoxy) is 8. The molecule has 0 aliphatic carbocycles. The van der Waals surface area contributed by atoms with Gasteiger partial charge in [-0.05, 0) is 6.42 Å². The van der Waals surface area contributed by atoms with Gasteiger partial charge in [0.25, 0.3) is 0 Å². The molecule has 0 aromatic heterocycles. The molecule has 0 aliphatic heterocycles. The van der Waals surface area contributed by atoms with Crippen molar-refractivity contribution in [3.8, 4) is 0 Å². The zero-order valence-corrected chi connectivity index (χ0v) is 25.9. The van der Waals surface area contributed by atoms with E-state index in [1.807, 2.05) is 0 Å². The van der Waals surface area contributed by atoms with Crippen LogP contribution in [0.5, 0.6) is 0 Å². The number of unbranched alkanes of at least 4 members (excludes halogenated alkanes) is 9. The van der Waals surface area contributed by atoms with Crippen molar-refractivity contribution in [3.05, 3.63) is 0 Å². The molecule has 0 radical (unpaired) electrons. The monoisotopic (exact) mass is 648 g/mol. The van der Waals surface area contributed by atoms with Crippen LogP contribution in [0, 0.1) is 0 Å². The first kappa shape index (κ1) is 37.4. The highest BCUT2D eigenvalue weighted by atomic mass is 127. The Morgan fingerprint density at radius 3 is 0.838 bits per heavy atom. The third-order valence-corrected chi connectivity index (χ3v) is 5.91. The Labute approximate surface area is 241 Å². The topological polar surface area (TPSA) is 73.8 Å². The Balaban J connectivity index is 3.00. The molecule has 37 heavy (non-hydrogen) atoms. The van der Waals surface area contributed by atoms with Crippen molar-refractivity contribution in [2.45, 2.75) is 71.1 Å². The van der Waals surface area contributed by atoms with Gasteiger partial charge in [0.15, 0.2) is 0 Å². The lowest BCUT2D eigenvalue weighted by molar-refractivity contribution is -0.0228. The van der Waals surface area contributed by atoms with Crippen LogP contribution in [0.1, 0.15) is 71.1 Å². The Morgan fingerprint density at radius 2 is 0.541 bits per heavy atom. The molecular formula is C28H57IO8. The van der Waals surface area contributed by atoms with Crippen LogP contribution in [-0.4, -0.2) is 110 Å². The van der Waals surface area contributed by atoms with Crippen molar-refractivity contribution >= 4 is 22.6 Å². The van der Waals surface area contributed by atoms with Crippen LogP contribution in [-0.2, 0) is 37.9 Å². The van der Waals surface area contributed by atoms with Crippen LogP contribution < -0.4 is 0 Å². The number of rotatable bonds is 34. The lowest BCUT2D eigenvalue weighted by Gasteiger charge is -2.08. The summed E-state index contributed by atoms with van der Waals surface area (Å²) < 4.78 is 44.8. The molecule has 0 aliphatic rings. The fourth-order valence-electron chi connectivity index (χ4n) is 3.39. The van der Waals surface area contributed by atoms with E-state index in [0.29, 0.717) is 92.5 Å². The molecule has 0 aromatic carbocycles. The molecule has 224 valence electrons. The minimum Gasteiger partial charge on any atom is -0.379 e. The molecule has 0 heterocycles. The van der Waals surface area contributed by atoms with Gasteiger partial charge < -0.3 is 37.9 Å².